The van der Waals surface area contributed by atoms with Gasteiger partial charge in [-0.25, -0.2) is 0 Å². The lowest BCUT2D eigenvalue weighted by Crippen LogP contribution is -2.40. The van der Waals surface area contributed by atoms with Crippen molar-refractivity contribution in [3.8, 4) is 0 Å². The highest BCUT2D eigenvalue weighted by atomic mass is 16.5. The van der Waals surface area contributed by atoms with Gasteiger partial charge in [-0.15, -0.1) is 0 Å². The van der Waals surface area contributed by atoms with E-state index in [0.717, 1.165) is 26.3 Å². The highest BCUT2D eigenvalue weighted by Crippen LogP contribution is 2.21. The summed E-state index contributed by atoms with van der Waals surface area (Å²) in [5.74, 6) is 0.635. The molecule has 1 aromatic rings. The highest BCUT2D eigenvalue weighted by molar-refractivity contribution is 5.28. The van der Waals surface area contributed by atoms with E-state index in [1.165, 1.54) is 30.5 Å². The lowest BCUT2D eigenvalue weighted by Gasteiger charge is -2.26. The number of ether oxygens (including phenoxy) is 1. The maximum absolute atomic E-state index is 5.61. The second-order valence-corrected chi connectivity index (χ2v) is 5.80. The molecule has 0 amide bonds. The second kappa shape index (κ2) is 6.04. The van der Waals surface area contributed by atoms with Gasteiger partial charge in [-0.3, -0.25) is 4.90 Å². The van der Waals surface area contributed by atoms with E-state index in [1.54, 1.807) is 0 Å². The summed E-state index contributed by atoms with van der Waals surface area (Å²) in [6.45, 7) is 5.24. The second-order valence-electron chi connectivity index (χ2n) is 5.80. The molecule has 19 heavy (non-hydrogen) atoms. The summed E-state index contributed by atoms with van der Waals surface area (Å²) in [6, 6.07) is 9.43. The maximum Gasteiger partial charge on any atom is 0.0623 e. The van der Waals surface area contributed by atoms with Crippen molar-refractivity contribution >= 4 is 0 Å². The van der Waals surface area contributed by atoms with E-state index < -0.39 is 0 Å². The molecule has 1 aromatic carbocycles. The van der Waals surface area contributed by atoms with Gasteiger partial charge in [0.1, 0.15) is 0 Å². The van der Waals surface area contributed by atoms with Gasteiger partial charge in [0.25, 0.3) is 0 Å². The molecule has 3 heteroatoms. The zero-order valence-electron chi connectivity index (χ0n) is 11.8. The Hall–Kier alpha value is -0.900. The van der Waals surface area contributed by atoms with E-state index >= 15 is 0 Å². The van der Waals surface area contributed by atoms with Crippen LogP contribution in [-0.4, -0.2) is 44.3 Å². The monoisotopic (exact) mass is 260 g/mol. The van der Waals surface area contributed by atoms with Gasteiger partial charge in [0.2, 0.25) is 0 Å². The van der Waals surface area contributed by atoms with E-state index in [-0.39, 0.29) is 0 Å². The van der Waals surface area contributed by atoms with E-state index in [0.29, 0.717) is 12.0 Å². The van der Waals surface area contributed by atoms with Crippen molar-refractivity contribution in [2.24, 2.45) is 5.92 Å². The Morgan fingerprint density at radius 3 is 2.95 bits per heavy atom. The molecule has 1 N–H and O–H groups in total. The lowest BCUT2D eigenvalue weighted by atomic mass is 10.0. The van der Waals surface area contributed by atoms with Crippen molar-refractivity contribution < 1.29 is 4.74 Å². The van der Waals surface area contributed by atoms with Crippen LogP contribution in [0, 0.1) is 5.92 Å². The third kappa shape index (κ3) is 2.99. The fourth-order valence-corrected chi connectivity index (χ4v) is 3.35. The summed E-state index contributed by atoms with van der Waals surface area (Å²) < 4.78 is 5.61. The first-order valence-electron chi connectivity index (χ1n) is 7.41. The van der Waals surface area contributed by atoms with Gasteiger partial charge < -0.3 is 10.1 Å². The fourth-order valence-electron chi connectivity index (χ4n) is 3.35. The molecule has 0 spiro atoms. The summed E-state index contributed by atoms with van der Waals surface area (Å²) in [7, 11) is 2.05. The molecule has 0 aromatic heterocycles. The van der Waals surface area contributed by atoms with Gasteiger partial charge in [0.05, 0.1) is 13.2 Å². The predicted molar refractivity (Wildman–Crippen MR) is 77.2 cm³/mol. The third-order valence-corrected chi connectivity index (χ3v) is 4.49. The summed E-state index contributed by atoms with van der Waals surface area (Å²) >= 11 is 0. The molecule has 2 aliphatic heterocycles. The highest BCUT2D eigenvalue weighted by Gasteiger charge is 2.29. The van der Waals surface area contributed by atoms with E-state index in [2.05, 4.69) is 34.5 Å². The number of hydrogen-bond donors (Lipinski definition) is 1. The standard InChI is InChI=1S/C16H24N2O/c1-17-16-12-19-11-15(16)10-18-8-4-7-13-5-2-3-6-14(13)9-18/h2-3,5-6,15-17H,4,7-12H2,1H3. The molecule has 1 fully saturated rings. The Labute approximate surface area is 115 Å². The Bertz CT molecular complexity index is 421. The van der Waals surface area contributed by atoms with Crippen LogP contribution in [0.15, 0.2) is 24.3 Å². The number of nitrogens with one attached hydrogen (secondary N) is 1. The van der Waals surface area contributed by atoms with Crippen LogP contribution in [-0.2, 0) is 17.7 Å². The van der Waals surface area contributed by atoms with Crippen molar-refractivity contribution in [1.29, 1.82) is 0 Å². The molecule has 2 aliphatic rings. The van der Waals surface area contributed by atoms with Crippen LogP contribution in [0.1, 0.15) is 17.5 Å². The van der Waals surface area contributed by atoms with E-state index in [1.807, 2.05) is 7.05 Å². The molecule has 1 saturated heterocycles. The SMILES string of the molecule is CNC1COCC1CN1CCCc2ccccc2C1. The fraction of sp³-hybridized carbons (Fsp3) is 0.625. The van der Waals surface area contributed by atoms with Crippen LogP contribution in [0.2, 0.25) is 0 Å². The molecule has 0 aliphatic carbocycles. The molecular weight excluding hydrogens is 236 g/mol. The van der Waals surface area contributed by atoms with Crippen molar-refractivity contribution in [3.63, 3.8) is 0 Å². The first-order valence-corrected chi connectivity index (χ1v) is 7.41. The first kappa shape index (κ1) is 13.1. The van der Waals surface area contributed by atoms with Crippen molar-refractivity contribution in [1.82, 2.24) is 10.2 Å². The topological polar surface area (TPSA) is 24.5 Å². The number of benzene rings is 1. The average Bonchev–Trinajstić information content (AvgIpc) is 2.77. The lowest BCUT2D eigenvalue weighted by molar-refractivity contribution is 0.165. The first-order chi connectivity index (χ1) is 9.36. The minimum absolute atomic E-state index is 0.526. The third-order valence-electron chi connectivity index (χ3n) is 4.49. The normalized spacial score (nSPS) is 28.1. The van der Waals surface area contributed by atoms with Gasteiger partial charge in [-0.2, -0.15) is 0 Å². The molecule has 0 saturated carbocycles. The molecule has 0 bridgehead atoms. The van der Waals surface area contributed by atoms with Gasteiger partial charge in [0.15, 0.2) is 0 Å². The smallest absolute Gasteiger partial charge is 0.0623 e. The molecule has 3 rings (SSSR count). The minimum atomic E-state index is 0.526. The van der Waals surface area contributed by atoms with E-state index in [9.17, 15) is 0 Å². The molecule has 3 nitrogen and oxygen atoms in total. The number of fused-ring (bicyclic) bond motifs is 1. The maximum atomic E-state index is 5.61. The van der Waals surface area contributed by atoms with Gasteiger partial charge in [-0.1, -0.05) is 24.3 Å². The molecular formula is C16H24N2O. The van der Waals surface area contributed by atoms with Crippen LogP contribution in [0.4, 0.5) is 0 Å². The summed E-state index contributed by atoms with van der Waals surface area (Å²) in [4.78, 5) is 2.61. The minimum Gasteiger partial charge on any atom is -0.379 e. The van der Waals surface area contributed by atoms with Crippen LogP contribution in [0.5, 0.6) is 0 Å². The van der Waals surface area contributed by atoms with Crippen LogP contribution in [0.25, 0.3) is 0 Å². The summed E-state index contributed by atoms with van der Waals surface area (Å²) in [5, 5.41) is 3.39. The Balaban J connectivity index is 1.66. The number of likely N-dealkylation sites (N-methyl/N-ethyl adjacent to an activating group) is 1. The largest absolute Gasteiger partial charge is 0.379 e. The quantitative estimate of drug-likeness (QED) is 0.895. The van der Waals surface area contributed by atoms with E-state index in [4.69, 9.17) is 4.74 Å². The van der Waals surface area contributed by atoms with Crippen molar-refractivity contribution in [2.75, 3.05) is 33.4 Å². The van der Waals surface area contributed by atoms with Crippen LogP contribution < -0.4 is 5.32 Å². The predicted octanol–water partition coefficient (Wildman–Crippen LogP) is 1.67. The van der Waals surface area contributed by atoms with Crippen molar-refractivity contribution in [2.45, 2.75) is 25.4 Å². The van der Waals surface area contributed by atoms with Gasteiger partial charge in [0, 0.05) is 25.0 Å². The molecule has 104 valence electrons. The Kier molecular flexibility index (Phi) is 4.16. The van der Waals surface area contributed by atoms with Crippen LogP contribution >= 0.6 is 0 Å². The number of aryl methyl sites for hydroxylation is 1. The van der Waals surface area contributed by atoms with Crippen LogP contribution in [0.3, 0.4) is 0 Å². The Morgan fingerprint density at radius 1 is 1.26 bits per heavy atom. The molecule has 2 atom stereocenters. The summed E-state index contributed by atoms with van der Waals surface area (Å²) in [5.41, 5.74) is 3.05. The zero-order valence-corrected chi connectivity index (χ0v) is 11.8. The number of nitrogens with zero attached hydrogens (tertiary/aromatic N) is 1. The van der Waals surface area contributed by atoms with Gasteiger partial charge in [-0.05, 0) is 37.6 Å². The molecule has 2 heterocycles. The summed E-state index contributed by atoms with van der Waals surface area (Å²) in [6.07, 6.45) is 2.50. The Morgan fingerprint density at radius 2 is 2.11 bits per heavy atom. The average molecular weight is 260 g/mol. The number of rotatable bonds is 3. The molecule has 0 radical (unpaired) electrons. The number of hydrogen-bond acceptors (Lipinski definition) is 3. The van der Waals surface area contributed by atoms with Crippen molar-refractivity contribution in [3.05, 3.63) is 35.4 Å². The van der Waals surface area contributed by atoms with Gasteiger partial charge >= 0.3 is 0 Å². The zero-order chi connectivity index (χ0) is 13.1. The molecule has 2 unspecified atom stereocenters.